The first-order valence-electron chi connectivity index (χ1n) is 6.62. The number of aromatic nitrogens is 2. The molecular weight excluding hydrogens is 246 g/mol. The molecule has 0 saturated carbocycles. The highest BCUT2D eigenvalue weighted by atomic mass is 16.4. The van der Waals surface area contributed by atoms with Crippen LogP contribution in [0.4, 0.5) is 0 Å². The Kier molecular flexibility index (Phi) is 4.54. The van der Waals surface area contributed by atoms with Gasteiger partial charge in [-0.2, -0.15) is 5.10 Å². The van der Waals surface area contributed by atoms with Crippen LogP contribution in [-0.4, -0.2) is 44.8 Å². The Bertz CT molecular complexity index is 422. The number of amides is 1. The third-order valence-electron chi connectivity index (χ3n) is 3.54. The van der Waals surface area contributed by atoms with Gasteiger partial charge in [0.05, 0.1) is 0 Å². The number of aryl methyl sites for hydroxylation is 1. The number of hydrogen-bond donors (Lipinski definition) is 1. The van der Waals surface area contributed by atoms with Crippen molar-refractivity contribution in [2.45, 2.75) is 32.2 Å². The SMILES string of the molecule is O=C(O)CC1CCN(C(=O)CCn2cccn2)CC1. The molecule has 1 N–H and O–H groups in total. The lowest BCUT2D eigenvalue weighted by Crippen LogP contribution is -2.39. The molecule has 2 rings (SSSR count). The van der Waals surface area contributed by atoms with E-state index in [4.69, 9.17) is 5.11 Å². The van der Waals surface area contributed by atoms with Gasteiger partial charge in [0.25, 0.3) is 0 Å². The highest BCUT2D eigenvalue weighted by Gasteiger charge is 2.23. The van der Waals surface area contributed by atoms with Gasteiger partial charge < -0.3 is 10.0 Å². The van der Waals surface area contributed by atoms with E-state index in [1.807, 2.05) is 17.2 Å². The monoisotopic (exact) mass is 265 g/mol. The summed E-state index contributed by atoms with van der Waals surface area (Å²) in [6.07, 6.45) is 5.79. The van der Waals surface area contributed by atoms with Crippen molar-refractivity contribution in [1.29, 1.82) is 0 Å². The summed E-state index contributed by atoms with van der Waals surface area (Å²) in [6.45, 7) is 1.95. The molecule has 0 atom stereocenters. The average molecular weight is 265 g/mol. The predicted molar refractivity (Wildman–Crippen MR) is 68.4 cm³/mol. The first kappa shape index (κ1) is 13.6. The number of rotatable bonds is 5. The standard InChI is InChI=1S/C13H19N3O3/c17-12(4-9-16-6-1-5-14-16)15-7-2-11(3-8-15)10-13(18)19/h1,5-6,11H,2-4,7-10H2,(H,18,19). The van der Waals surface area contributed by atoms with Gasteiger partial charge in [0, 0.05) is 44.9 Å². The lowest BCUT2D eigenvalue weighted by atomic mass is 9.93. The fourth-order valence-electron chi connectivity index (χ4n) is 2.43. The number of carboxylic acid groups (broad SMARTS) is 1. The Morgan fingerprint density at radius 1 is 1.32 bits per heavy atom. The Labute approximate surface area is 112 Å². The topological polar surface area (TPSA) is 75.4 Å². The molecule has 1 saturated heterocycles. The summed E-state index contributed by atoms with van der Waals surface area (Å²) in [6, 6.07) is 1.84. The summed E-state index contributed by atoms with van der Waals surface area (Å²) in [5.74, 6) is -0.402. The Morgan fingerprint density at radius 2 is 2.05 bits per heavy atom. The van der Waals surface area contributed by atoms with Crippen LogP contribution >= 0.6 is 0 Å². The van der Waals surface area contributed by atoms with Gasteiger partial charge in [0.1, 0.15) is 0 Å². The van der Waals surface area contributed by atoms with E-state index >= 15 is 0 Å². The fourth-order valence-corrected chi connectivity index (χ4v) is 2.43. The summed E-state index contributed by atoms with van der Waals surface area (Å²) in [5, 5.41) is 12.8. The second-order valence-corrected chi connectivity index (χ2v) is 4.94. The molecule has 1 aliphatic rings. The van der Waals surface area contributed by atoms with Crippen molar-refractivity contribution in [3.63, 3.8) is 0 Å². The van der Waals surface area contributed by atoms with Crippen LogP contribution in [0.1, 0.15) is 25.7 Å². The highest BCUT2D eigenvalue weighted by molar-refractivity contribution is 5.76. The van der Waals surface area contributed by atoms with Gasteiger partial charge in [-0.3, -0.25) is 14.3 Å². The highest BCUT2D eigenvalue weighted by Crippen LogP contribution is 2.20. The molecule has 1 fully saturated rings. The minimum atomic E-state index is -0.747. The first-order valence-corrected chi connectivity index (χ1v) is 6.62. The van der Waals surface area contributed by atoms with Crippen molar-refractivity contribution in [3.8, 4) is 0 Å². The molecule has 19 heavy (non-hydrogen) atoms. The van der Waals surface area contributed by atoms with E-state index in [2.05, 4.69) is 5.10 Å². The zero-order valence-electron chi connectivity index (χ0n) is 10.9. The molecule has 0 bridgehead atoms. The summed E-state index contributed by atoms with van der Waals surface area (Å²) in [5.41, 5.74) is 0. The van der Waals surface area contributed by atoms with Gasteiger partial charge in [-0.25, -0.2) is 0 Å². The maximum absolute atomic E-state index is 12.0. The molecule has 2 heterocycles. The first-order chi connectivity index (χ1) is 9.15. The Balaban J connectivity index is 1.71. The molecule has 0 unspecified atom stereocenters. The normalized spacial score (nSPS) is 16.5. The quantitative estimate of drug-likeness (QED) is 0.861. The number of piperidine rings is 1. The molecule has 0 spiro atoms. The molecule has 1 amide bonds. The van der Waals surface area contributed by atoms with Gasteiger partial charge in [-0.15, -0.1) is 0 Å². The van der Waals surface area contributed by atoms with Gasteiger partial charge in [-0.1, -0.05) is 0 Å². The zero-order valence-corrected chi connectivity index (χ0v) is 10.9. The summed E-state index contributed by atoms with van der Waals surface area (Å²) >= 11 is 0. The summed E-state index contributed by atoms with van der Waals surface area (Å²) in [7, 11) is 0. The van der Waals surface area contributed by atoms with Crippen molar-refractivity contribution in [1.82, 2.24) is 14.7 Å². The lowest BCUT2D eigenvalue weighted by molar-refractivity contribution is -0.138. The third kappa shape index (κ3) is 4.08. The van der Waals surface area contributed by atoms with Gasteiger partial charge in [0.15, 0.2) is 0 Å². The van der Waals surface area contributed by atoms with Gasteiger partial charge >= 0.3 is 5.97 Å². The van der Waals surface area contributed by atoms with E-state index in [0.717, 1.165) is 12.8 Å². The van der Waals surface area contributed by atoms with Gasteiger partial charge in [0.2, 0.25) is 5.91 Å². The van der Waals surface area contributed by atoms with Gasteiger partial charge in [-0.05, 0) is 24.8 Å². The number of carbonyl (C=O) groups excluding carboxylic acids is 1. The smallest absolute Gasteiger partial charge is 0.303 e. The molecule has 1 aliphatic heterocycles. The van der Waals surface area contributed by atoms with E-state index in [1.165, 1.54) is 0 Å². The number of carbonyl (C=O) groups is 2. The molecule has 104 valence electrons. The number of carboxylic acids is 1. The Morgan fingerprint density at radius 3 is 2.63 bits per heavy atom. The van der Waals surface area contributed by atoms with Crippen molar-refractivity contribution in [3.05, 3.63) is 18.5 Å². The number of aliphatic carboxylic acids is 1. The van der Waals surface area contributed by atoms with Crippen LogP contribution in [0.15, 0.2) is 18.5 Å². The summed E-state index contributed by atoms with van der Waals surface area (Å²) < 4.78 is 1.75. The minimum Gasteiger partial charge on any atom is -0.481 e. The number of hydrogen-bond acceptors (Lipinski definition) is 3. The molecular formula is C13H19N3O3. The largest absolute Gasteiger partial charge is 0.481 e. The van der Waals surface area contributed by atoms with Crippen LogP contribution in [0.5, 0.6) is 0 Å². The summed E-state index contributed by atoms with van der Waals surface area (Å²) in [4.78, 5) is 24.5. The van der Waals surface area contributed by atoms with Crippen molar-refractivity contribution < 1.29 is 14.7 Å². The van der Waals surface area contributed by atoms with Crippen LogP contribution in [0.2, 0.25) is 0 Å². The van der Waals surface area contributed by atoms with Crippen molar-refractivity contribution in [2.24, 2.45) is 5.92 Å². The molecule has 0 aromatic carbocycles. The third-order valence-corrected chi connectivity index (χ3v) is 3.54. The molecule has 6 nitrogen and oxygen atoms in total. The van der Waals surface area contributed by atoms with Crippen molar-refractivity contribution in [2.75, 3.05) is 13.1 Å². The zero-order chi connectivity index (χ0) is 13.7. The average Bonchev–Trinajstić information content (AvgIpc) is 2.89. The van der Waals surface area contributed by atoms with E-state index in [-0.39, 0.29) is 18.2 Å². The van der Waals surface area contributed by atoms with Crippen LogP contribution in [0.3, 0.4) is 0 Å². The number of likely N-dealkylation sites (tertiary alicyclic amines) is 1. The fraction of sp³-hybridized carbons (Fsp3) is 0.615. The van der Waals surface area contributed by atoms with Crippen LogP contribution < -0.4 is 0 Å². The van der Waals surface area contributed by atoms with Crippen LogP contribution in [0, 0.1) is 5.92 Å². The number of nitrogens with zero attached hydrogens (tertiary/aromatic N) is 3. The van der Waals surface area contributed by atoms with E-state index < -0.39 is 5.97 Å². The maximum atomic E-state index is 12.0. The molecule has 0 aliphatic carbocycles. The van der Waals surface area contributed by atoms with Crippen LogP contribution in [-0.2, 0) is 16.1 Å². The predicted octanol–water partition coefficient (Wildman–Crippen LogP) is 0.986. The second kappa shape index (κ2) is 6.36. The molecule has 6 heteroatoms. The van der Waals surface area contributed by atoms with E-state index in [9.17, 15) is 9.59 Å². The Hall–Kier alpha value is -1.85. The molecule has 0 radical (unpaired) electrons. The van der Waals surface area contributed by atoms with E-state index in [1.54, 1.807) is 10.9 Å². The van der Waals surface area contributed by atoms with E-state index in [0.29, 0.717) is 26.1 Å². The second-order valence-electron chi connectivity index (χ2n) is 4.94. The maximum Gasteiger partial charge on any atom is 0.303 e. The van der Waals surface area contributed by atoms with Crippen LogP contribution in [0.25, 0.3) is 0 Å². The minimum absolute atomic E-state index is 0.129. The molecule has 1 aromatic heterocycles. The molecule has 1 aromatic rings. The van der Waals surface area contributed by atoms with Crippen molar-refractivity contribution >= 4 is 11.9 Å². The lowest BCUT2D eigenvalue weighted by Gasteiger charge is -2.31.